The van der Waals surface area contributed by atoms with Crippen LogP contribution in [0.15, 0.2) is 17.5 Å². The van der Waals surface area contributed by atoms with Gasteiger partial charge in [0, 0.05) is 24.4 Å². The van der Waals surface area contributed by atoms with E-state index in [2.05, 4.69) is 15.3 Å². The van der Waals surface area contributed by atoms with Gasteiger partial charge in [-0.05, 0) is 6.07 Å². The van der Waals surface area contributed by atoms with E-state index in [1.807, 2.05) is 5.38 Å². The van der Waals surface area contributed by atoms with Gasteiger partial charge in [0.2, 0.25) is 11.8 Å². The fourth-order valence-corrected chi connectivity index (χ4v) is 2.30. The zero-order chi connectivity index (χ0) is 15.2. The second kappa shape index (κ2) is 6.89. The third-order valence-electron chi connectivity index (χ3n) is 2.72. The molecular formula is C13H16N4O3S. The van der Waals surface area contributed by atoms with Crippen LogP contribution in [0.25, 0.3) is 0 Å². The van der Waals surface area contributed by atoms with Crippen LogP contribution in [-0.2, 0) is 6.42 Å². The summed E-state index contributed by atoms with van der Waals surface area (Å²) in [5, 5.41) is 5.19. The number of anilines is 1. The van der Waals surface area contributed by atoms with Crippen LogP contribution < -0.4 is 20.5 Å². The zero-order valence-electron chi connectivity index (χ0n) is 11.8. The maximum absolute atomic E-state index is 12.1. The van der Waals surface area contributed by atoms with Crippen molar-refractivity contribution < 1.29 is 14.3 Å². The number of nitrogens with one attached hydrogen (secondary N) is 1. The van der Waals surface area contributed by atoms with E-state index in [1.54, 1.807) is 12.1 Å². The van der Waals surface area contributed by atoms with Crippen LogP contribution in [0.1, 0.15) is 16.1 Å². The summed E-state index contributed by atoms with van der Waals surface area (Å²) in [6.07, 6.45) is 0.616. The summed E-state index contributed by atoms with van der Waals surface area (Å²) in [5.41, 5.74) is 6.77. The molecule has 0 unspecified atom stereocenters. The molecule has 21 heavy (non-hydrogen) atoms. The number of methoxy groups -OCH3 is 2. The Balaban J connectivity index is 1.96. The maximum atomic E-state index is 12.1. The van der Waals surface area contributed by atoms with Gasteiger partial charge in [-0.15, -0.1) is 11.3 Å². The van der Waals surface area contributed by atoms with Crippen molar-refractivity contribution in [3.05, 3.63) is 28.8 Å². The first-order chi connectivity index (χ1) is 10.1. The molecule has 8 heteroatoms. The number of carbonyl (C=O) groups excluding carboxylic acids is 1. The van der Waals surface area contributed by atoms with Crippen LogP contribution in [0.3, 0.4) is 0 Å². The highest BCUT2D eigenvalue weighted by atomic mass is 32.1. The number of ether oxygens (including phenoxy) is 2. The Kier molecular flexibility index (Phi) is 4.94. The molecule has 2 rings (SSSR count). The first-order valence-electron chi connectivity index (χ1n) is 6.21. The van der Waals surface area contributed by atoms with Crippen LogP contribution in [0.5, 0.6) is 11.8 Å². The Morgan fingerprint density at radius 2 is 2.14 bits per heavy atom. The first-order valence-corrected chi connectivity index (χ1v) is 7.09. The average Bonchev–Trinajstić information content (AvgIpc) is 2.91. The second-order valence-electron chi connectivity index (χ2n) is 4.09. The summed E-state index contributed by atoms with van der Waals surface area (Å²) in [7, 11) is 2.96. The van der Waals surface area contributed by atoms with Crippen molar-refractivity contribution in [3.63, 3.8) is 0 Å². The second-order valence-corrected chi connectivity index (χ2v) is 4.98. The molecule has 0 bridgehead atoms. The van der Waals surface area contributed by atoms with E-state index >= 15 is 0 Å². The van der Waals surface area contributed by atoms with Crippen molar-refractivity contribution in [2.24, 2.45) is 0 Å². The largest absolute Gasteiger partial charge is 0.481 e. The number of aromatic nitrogens is 2. The molecule has 0 atom stereocenters. The fraction of sp³-hybridized carbons (Fsp3) is 0.308. The van der Waals surface area contributed by atoms with Gasteiger partial charge in [0.25, 0.3) is 5.91 Å². The topological polar surface area (TPSA) is 99.4 Å². The molecule has 112 valence electrons. The van der Waals surface area contributed by atoms with E-state index in [4.69, 9.17) is 15.2 Å². The van der Waals surface area contributed by atoms with E-state index < -0.39 is 0 Å². The molecule has 3 N–H and O–H groups in total. The van der Waals surface area contributed by atoms with Crippen molar-refractivity contribution in [2.75, 3.05) is 26.5 Å². The molecule has 1 amide bonds. The number of carbonyl (C=O) groups is 1. The Morgan fingerprint density at radius 3 is 2.76 bits per heavy atom. The van der Waals surface area contributed by atoms with Gasteiger partial charge in [-0.3, -0.25) is 4.79 Å². The lowest BCUT2D eigenvalue weighted by molar-refractivity contribution is 0.0950. The monoisotopic (exact) mass is 308 g/mol. The third-order valence-corrected chi connectivity index (χ3v) is 3.44. The number of pyridine rings is 1. The Hall–Kier alpha value is -2.35. The highest BCUT2D eigenvalue weighted by Crippen LogP contribution is 2.19. The number of rotatable bonds is 6. The van der Waals surface area contributed by atoms with Crippen LogP contribution in [0.4, 0.5) is 5.13 Å². The number of thiazole rings is 1. The minimum atomic E-state index is -0.259. The molecule has 0 aromatic carbocycles. The molecule has 2 heterocycles. The molecule has 0 aliphatic heterocycles. The van der Waals surface area contributed by atoms with Crippen molar-refractivity contribution in [1.29, 1.82) is 0 Å². The van der Waals surface area contributed by atoms with Gasteiger partial charge >= 0.3 is 0 Å². The van der Waals surface area contributed by atoms with Gasteiger partial charge < -0.3 is 20.5 Å². The summed E-state index contributed by atoms with van der Waals surface area (Å²) in [4.78, 5) is 20.3. The van der Waals surface area contributed by atoms with Gasteiger partial charge in [0.1, 0.15) is 5.56 Å². The lowest BCUT2D eigenvalue weighted by Gasteiger charge is -2.09. The third kappa shape index (κ3) is 3.82. The zero-order valence-corrected chi connectivity index (χ0v) is 12.6. The molecule has 0 fully saturated rings. The van der Waals surface area contributed by atoms with E-state index in [0.29, 0.717) is 29.5 Å². The minimum absolute atomic E-state index is 0.227. The predicted octanol–water partition coefficient (Wildman–Crippen LogP) is 1.11. The highest BCUT2D eigenvalue weighted by molar-refractivity contribution is 7.13. The summed E-state index contributed by atoms with van der Waals surface area (Å²) in [6.45, 7) is 0.456. The molecule has 2 aromatic rings. The quantitative estimate of drug-likeness (QED) is 0.829. The summed E-state index contributed by atoms with van der Waals surface area (Å²) in [6, 6.07) is 3.22. The lowest BCUT2D eigenvalue weighted by Crippen LogP contribution is -2.26. The standard InChI is InChI=1S/C13H16N4O3S/c1-19-10-4-3-9(12(17-10)20-2)11(18)15-6-5-8-7-21-13(14)16-8/h3-4,7H,5-6H2,1-2H3,(H2,14,16)(H,15,18). The average molecular weight is 308 g/mol. The molecule has 0 saturated heterocycles. The number of hydrogen-bond acceptors (Lipinski definition) is 7. The maximum Gasteiger partial charge on any atom is 0.256 e. The van der Waals surface area contributed by atoms with E-state index in [-0.39, 0.29) is 11.8 Å². The Labute approximate surface area is 126 Å². The Bertz CT molecular complexity index is 630. The molecular weight excluding hydrogens is 292 g/mol. The normalized spacial score (nSPS) is 10.2. The summed E-state index contributed by atoms with van der Waals surface area (Å²) >= 11 is 1.38. The van der Waals surface area contributed by atoms with Crippen molar-refractivity contribution in [1.82, 2.24) is 15.3 Å². The van der Waals surface area contributed by atoms with Gasteiger partial charge in [-0.1, -0.05) is 0 Å². The fourth-order valence-electron chi connectivity index (χ4n) is 1.70. The highest BCUT2D eigenvalue weighted by Gasteiger charge is 2.14. The van der Waals surface area contributed by atoms with Crippen molar-refractivity contribution in [3.8, 4) is 11.8 Å². The number of nitrogen functional groups attached to an aromatic ring is 1. The van der Waals surface area contributed by atoms with E-state index in [1.165, 1.54) is 25.6 Å². The summed E-state index contributed by atoms with van der Waals surface area (Å²) in [5.74, 6) is 0.358. The number of nitrogens with zero attached hydrogens (tertiary/aromatic N) is 2. The van der Waals surface area contributed by atoms with Gasteiger partial charge in [-0.25, -0.2) is 4.98 Å². The molecule has 7 nitrogen and oxygen atoms in total. The van der Waals surface area contributed by atoms with Gasteiger partial charge in [-0.2, -0.15) is 4.98 Å². The van der Waals surface area contributed by atoms with Gasteiger partial charge in [0.05, 0.1) is 19.9 Å². The van der Waals surface area contributed by atoms with Crippen LogP contribution >= 0.6 is 11.3 Å². The Morgan fingerprint density at radius 1 is 1.33 bits per heavy atom. The van der Waals surface area contributed by atoms with Crippen LogP contribution in [-0.4, -0.2) is 36.6 Å². The van der Waals surface area contributed by atoms with Crippen molar-refractivity contribution in [2.45, 2.75) is 6.42 Å². The summed E-state index contributed by atoms with van der Waals surface area (Å²) < 4.78 is 10.1. The smallest absolute Gasteiger partial charge is 0.256 e. The number of nitrogens with two attached hydrogens (primary N) is 1. The molecule has 0 radical (unpaired) electrons. The minimum Gasteiger partial charge on any atom is -0.481 e. The SMILES string of the molecule is COc1ccc(C(=O)NCCc2csc(N)n2)c(OC)n1. The van der Waals surface area contributed by atoms with E-state index in [9.17, 15) is 4.79 Å². The van der Waals surface area contributed by atoms with Crippen molar-refractivity contribution >= 4 is 22.4 Å². The molecule has 0 aliphatic rings. The number of amides is 1. The lowest BCUT2D eigenvalue weighted by atomic mass is 10.2. The molecule has 0 aliphatic carbocycles. The first kappa shape index (κ1) is 15.0. The molecule has 0 saturated carbocycles. The molecule has 2 aromatic heterocycles. The molecule has 0 spiro atoms. The van der Waals surface area contributed by atoms with E-state index in [0.717, 1.165) is 5.69 Å². The predicted molar refractivity (Wildman–Crippen MR) is 79.9 cm³/mol. The number of hydrogen-bond donors (Lipinski definition) is 2. The van der Waals surface area contributed by atoms with Crippen LogP contribution in [0, 0.1) is 0 Å². The van der Waals surface area contributed by atoms with Crippen LogP contribution in [0.2, 0.25) is 0 Å². The van der Waals surface area contributed by atoms with Gasteiger partial charge in [0.15, 0.2) is 5.13 Å².